The van der Waals surface area contributed by atoms with Crippen LogP contribution in [0.1, 0.15) is 102 Å². The second kappa shape index (κ2) is 15.4. The zero-order valence-corrected chi connectivity index (χ0v) is 18.3. The van der Waals surface area contributed by atoms with Gasteiger partial charge in [0.05, 0.1) is 0 Å². The Kier molecular flexibility index (Phi) is 12.5. The summed E-state index contributed by atoms with van der Waals surface area (Å²) >= 11 is 0. The average molecular weight is 379 g/mol. The maximum absolute atomic E-state index is 2.39. The first-order valence-corrected chi connectivity index (χ1v) is 12.0. The Bertz CT molecular complexity index is 647. The third-order valence-corrected chi connectivity index (χ3v) is 5.86. The maximum Gasteiger partial charge on any atom is -0.00913 e. The molecule has 2 aromatic carbocycles. The quantitative estimate of drug-likeness (QED) is 0.201. The molecule has 154 valence electrons. The van der Waals surface area contributed by atoms with E-state index in [2.05, 4.69) is 61.5 Å². The molecular formula is C28H42. The summed E-state index contributed by atoms with van der Waals surface area (Å²) < 4.78 is 0. The molecule has 0 amide bonds. The summed E-state index contributed by atoms with van der Waals surface area (Å²) in [7, 11) is 0. The van der Waals surface area contributed by atoms with Gasteiger partial charge < -0.3 is 0 Å². The van der Waals surface area contributed by atoms with Crippen molar-refractivity contribution in [1.29, 1.82) is 0 Å². The van der Waals surface area contributed by atoms with Crippen molar-refractivity contribution in [3.05, 3.63) is 60.2 Å². The second-order valence-electron chi connectivity index (χ2n) is 8.35. The highest BCUT2D eigenvalue weighted by Crippen LogP contribution is 2.19. The van der Waals surface area contributed by atoms with Crippen LogP contribution in [0.2, 0.25) is 0 Å². The lowest BCUT2D eigenvalue weighted by atomic mass is 10.0. The lowest BCUT2D eigenvalue weighted by Gasteiger charge is -2.04. The molecule has 0 atom stereocenters. The molecule has 0 saturated carbocycles. The monoisotopic (exact) mass is 378 g/mol. The van der Waals surface area contributed by atoms with Crippen molar-refractivity contribution in [2.24, 2.45) is 0 Å². The molecule has 0 aromatic heterocycles. The smallest absolute Gasteiger partial charge is 0.00913 e. The van der Waals surface area contributed by atoms with Gasteiger partial charge in [0.1, 0.15) is 0 Å². The molecule has 0 spiro atoms. The molecule has 0 fully saturated rings. The van der Waals surface area contributed by atoms with Gasteiger partial charge in [-0.1, -0.05) is 139 Å². The fourth-order valence-electron chi connectivity index (χ4n) is 4.08. The number of unbranched alkanes of at least 4 members (excludes halogenated alkanes) is 13. The van der Waals surface area contributed by atoms with E-state index in [9.17, 15) is 0 Å². The summed E-state index contributed by atoms with van der Waals surface area (Å²) in [6.45, 7) is 2.29. The molecule has 0 nitrogen and oxygen atoms in total. The molecular weight excluding hydrogens is 336 g/mol. The Morgan fingerprint density at radius 3 is 1.82 bits per heavy atom. The molecule has 2 rings (SSSR count). The van der Waals surface area contributed by atoms with Crippen molar-refractivity contribution in [1.82, 2.24) is 0 Å². The predicted molar refractivity (Wildman–Crippen MR) is 127 cm³/mol. The van der Waals surface area contributed by atoms with Crippen LogP contribution < -0.4 is 0 Å². The van der Waals surface area contributed by atoms with E-state index in [0.29, 0.717) is 0 Å². The van der Waals surface area contributed by atoms with Gasteiger partial charge in [-0.3, -0.25) is 0 Å². The Hall–Kier alpha value is -1.56. The first kappa shape index (κ1) is 22.7. The third-order valence-electron chi connectivity index (χ3n) is 5.86. The molecule has 2 aromatic rings. The van der Waals surface area contributed by atoms with Crippen LogP contribution in [-0.2, 0) is 6.42 Å². The first-order valence-electron chi connectivity index (χ1n) is 12.0. The Morgan fingerprint density at radius 2 is 1.14 bits per heavy atom. The second-order valence-corrected chi connectivity index (χ2v) is 8.35. The zero-order valence-electron chi connectivity index (χ0n) is 18.3. The Balaban J connectivity index is 1.42. The number of benzene rings is 2. The topological polar surface area (TPSA) is 0 Å². The standard InChI is InChI=1S/C28H42/c1-2-3-4-5-6-7-8-9-10-11-12-13-14-15-16-17-21-26-23-20-24-27-22-18-19-25-28(26)27/h16-20,22-25H,2-15,21H2,1H3/b17-16+. The largest absolute Gasteiger partial charge is 0.0882 e. The number of hydrogen-bond acceptors (Lipinski definition) is 0. The summed E-state index contributed by atoms with van der Waals surface area (Å²) in [6.07, 6.45) is 25.7. The normalized spacial score (nSPS) is 11.6. The fraction of sp³-hybridized carbons (Fsp3) is 0.571. The minimum absolute atomic E-state index is 1.06. The Labute approximate surface area is 174 Å². The van der Waals surface area contributed by atoms with Gasteiger partial charge in [-0.05, 0) is 35.6 Å². The molecule has 0 aliphatic carbocycles. The fourth-order valence-corrected chi connectivity index (χ4v) is 4.08. The van der Waals surface area contributed by atoms with Crippen LogP contribution in [0.15, 0.2) is 54.6 Å². The molecule has 0 N–H and O–H groups in total. The Morgan fingerprint density at radius 1 is 0.571 bits per heavy atom. The van der Waals surface area contributed by atoms with Crippen molar-refractivity contribution < 1.29 is 0 Å². The van der Waals surface area contributed by atoms with Gasteiger partial charge in [0.2, 0.25) is 0 Å². The SMILES string of the molecule is CCCCCCCCCCCCCCC/C=C/Cc1cccc2ccccc12. The van der Waals surface area contributed by atoms with E-state index in [1.54, 1.807) is 0 Å². The van der Waals surface area contributed by atoms with Gasteiger partial charge in [-0.25, -0.2) is 0 Å². The number of allylic oxidation sites excluding steroid dienone is 2. The molecule has 0 saturated heterocycles. The van der Waals surface area contributed by atoms with Crippen LogP contribution in [0.25, 0.3) is 10.8 Å². The van der Waals surface area contributed by atoms with Crippen molar-refractivity contribution in [2.75, 3.05) is 0 Å². The van der Waals surface area contributed by atoms with Crippen LogP contribution >= 0.6 is 0 Å². The molecule has 0 heteroatoms. The van der Waals surface area contributed by atoms with Crippen molar-refractivity contribution >= 4 is 10.8 Å². The van der Waals surface area contributed by atoms with Gasteiger partial charge in [-0.2, -0.15) is 0 Å². The summed E-state index contributed by atoms with van der Waals surface area (Å²) in [5, 5.41) is 2.75. The van der Waals surface area contributed by atoms with E-state index in [-0.39, 0.29) is 0 Å². The predicted octanol–water partition coefficient (Wildman–Crippen LogP) is 9.42. The number of hydrogen-bond donors (Lipinski definition) is 0. The molecule has 0 heterocycles. The number of rotatable bonds is 16. The maximum atomic E-state index is 2.39. The lowest BCUT2D eigenvalue weighted by Crippen LogP contribution is -1.84. The van der Waals surface area contributed by atoms with Gasteiger partial charge in [0, 0.05) is 0 Å². The van der Waals surface area contributed by atoms with Crippen molar-refractivity contribution in [3.8, 4) is 0 Å². The van der Waals surface area contributed by atoms with E-state index in [1.807, 2.05) is 0 Å². The van der Waals surface area contributed by atoms with Crippen LogP contribution in [0.5, 0.6) is 0 Å². The van der Waals surface area contributed by atoms with Gasteiger partial charge in [0.15, 0.2) is 0 Å². The molecule has 0 aliphatic rings. The minimum Gasteiger partial charge on any atom is -0.0882 e. The van der Waals surface area contributed by atoms with Crippen LogP contribution in [0.4, 0.5) is 0 Å². The summed E-state index contributed by atoms with van der Waals surface area (Å²) in [5.74, 6) is 0. The van der Waals surface area contributed by atoms with Crippen molar-refractivity contribution in [2.45, 2.75) is 103 Å². The van der Waals surface area contributed by atoms with Crippen molar-refractivity contribution in [3.63, 3.8) is 0 Å². The molecule has 0 radical (unpaired) electrons. The lowest BCUT2D eigenvalue weighted by molar-refractivity contribution is 0.540. The van der Waals surface area contributed by atoms with Gasteiger partial charge in [-0.15, -0.1) is 0 Å². The van der Waals surface area contributed by atoms with Crippen LogP contribution in [-0.4, -0.2) is 0 Å². The van der Waals surface area contributed by atoms with Gasteiger partial charge >= 0.3 is 0 Å². The first-order chi connectivity index (χ1) is 13.9. The molecule has 0 bridgehead atoms. The van der Waals surface area contributed by atoms with E-state index >= 15 is 0 Å². The number of fused-ring (bicyclic) bond motifs is 1. The highest BCUT2D eigenvalue weighted by atomic mass is 14.0. The highest BCUT2D eigenvalue weighted by Gasteiger charge is 1.97. The summed E-state index contributed by atoms with van der Waals surface area (Å²) in [5.41, 5.74) is 1.44. The molecule has 28 heavy (non-hydrogen) atoms. The third kappa shape index (κ3) is 9.58. The van der Waals surface area contributed by atoms with Crippen LogP contribution in [0, 0.1) is 0 Å². The van der Waals surface area contributed by atoms with E-state index < -0.39 is 0 Å². The highest BCUT2D eigenvalue weighted by molar-refractivity contribution is 5.85. The average Bonchev–Trinajstić information content (AvgIpc) is 2.73. The molecule has 0 aliphatic heterocycles. The van der Waals surface area contributed by atoms with Crippen LogP contribution in [0.3, 0.4) is 0 Å². The minimum atomic E-state index is 1.06. The summed E-state index contributed by atoms with van der Waals surface area (Å²) in [4.78, 5) is 0. The zero-order chi connectivity index (χ0) is 19.7. The van der Waals surface area contributed by atoms with E-state index in [4.69, 9.17) is 0 Å². The van der Waals surface area contributed by atoms with E-state index in [1.165, 1.54) is 106 Å². The van der Waals surface area contributed by atoms with Gasteiger partial charge in [0.25, 0.3) is 0 Å². The van der Waals surface area contributed by atoms with E-state index in [0.717, 1.165) is 6.42 Å². The summed E-state index contributed by atoms with van der Waals surface area (Å²) in [6, 6.07) is 15.4. The molecule has 0 unspecified atom stereocenters.